The molecule has 0 atom stereocenters. The molecule has 2 aromatic rings. The summed E-state index contributed by atoms with van der Waals surface area (Å²) in [5.41, 5.74) is 8.25. The van der Waals surface area contributed by atoms with Crippen LogP contribution in [-0.2, 0) is 13.1 Å². The van der Waals surface area contributed by atoms with Gasteiger partial charge in [-0.15, -0.1) is 0 Å². The molecule has 0 aromatic heterocycles. The number of hydrogen-bond acceptors (Lipinski definition) is 2. The Kier molecular flexibility index (Phi) is 5.45. The number of hydrogen-bond donors (Lipinski definition) is 1. The van der Waals surface area contributed by atoms with Gasteiger partial charge in [-0.1, -0.05) is 46.3 Å². The summed E-state index contributed by atoms with van der Waals surface area (Å²) >= 11 is 8.35. The SMILES string of the molecule is CN(Cc1cccc(C(N)=S)c1)Cc1cc(Br)ccc1F. The van der Waals surface area contributed by atoms with E-state index in [9.17, 15) is 4.39 Å². The largest absolute Gasteiger partial charge is 0.389 e. The van der Waals surface area contributed by atoms with Crippen molar-refractivity contribution >= 4 is 33.1 Å². The first-order valence-electron chi connectivity index (χ1n) is 6.47. The molecule has 0 amide bonds. The minimum Gasteiger partial charge on any atom is -0.389 e. The van der Waals surface area contributed by atoms with Gasteiger partial charge in [0.05, 0.1) is 0 Å². The average molecular weight is 367 g/mol. The molecule has 0 radical (unpaired) electrons. The number of rotatable bonds is 5. The van der Waals surface area contributed by atoms with Crippen molar-refractivity contribution in [3.05, 3.63) is 69.4 Å². The maximum absolute atomic E-state index is 13.8. The molecule has 0 saturated carbocycles. The Hall–Kier alpha value is -1.30. The molecule has 21 heavy (non-hydrogen) atoms. The molecular weight excluding hydrogens is 351 g/mol. The minimum absolute atomic E-state index is 0.193. The van der Waals surface area contributed by atoms with Gasteiger partial charge in [0.1, 0.15) is 10.8 Å². The van der Waals surface area contributed by atoms with Gasteiger partial charge in [-0.2, -0.15) is 0 Å². The number of nitrogens with two attached hydrogens (primary N) is 1. The molecule has 0 fully saturated rings. The van der Waals surface area contributed by atoms with Crippen LogP contribution in [0.1, 0.15) is 16.7 Å². The van der Waals surface area contributed by atoms with E-state index in [-0.39, 0.29) is 5.82 Å². The first-order valence-corrected chi connectivity index (χ1v) is 7.67. The van der Waals surface area contributed by atoms with Crippen molar-refractivity contribution in [2.45, 2.75) is 13.1 Å². The second-order valence-corrected chi connectivity index (χ2v) is 6.33. The van der Waals surface area contributed by atoms with E-state index in [1.165, 1.54) is 6.07 Å². The normalized spacial score (nSPS) is 10.9. The monoisotopic (exact) mass is 366 g/mol. The van der Waals surface area contributed by atoms with Crippen molar-refractivity contribution in [1.82, 2.24) is 4.90 Å². The fraction of sp³-hybridized carbons (Fsp3) is 0.188. The number of halogens is 2. The van der Waals surface area contributed by atoms with Crippen LogP contribution in [0, 0.1) is 5.82 Å². The topological polar surface area (TPSA) is 29.3 Å². The molecule has 2 N–H and O–H groups in total. The highest BCUT2D eigenvalue weighted by molar-refractivity contribution is 9.10. The molecule has 0 unspecified atom stereocenters. The van der Waals surface area contributed by atoms with Crippen molar-refractivity contribution in [1.29, 1.82) is 0 Å². The zero-order chi connectivity index (χ0) is 15.4. The van der Waals surface area contributed by atoms with Gasteiger partial charge in [0.25, 0.3) is 0 Å². The predicted octanol–water partition coefficient (Wildman–Crippen LogP) is 3.85. The van der Waals surface area contributed by atoms with Crippen LogP contribution < -0.4 is 5.73 Å². The molecule has 2 aromatic carbocycles. The van der Waals surface area contributed by atoms with Crippen molar-refractivity contribution < 1.29 is 4.39 Å². The Bertz CT molecular complexity index is 660. The summed E-state index contributed by atoms with van der Waals surface area (Å²) in [6, 6.07) is 12.8. The lowest BCUT2D eigenvalue weighted by Crippen LogP contribution is -2.18. The standard InChI is InChI=1S/C16H16BrFN2S/c1-20(10-13-8-14(17)5-6-15(13)18)9-11-3-2-4-12(7-11)16(19)21/h2-8H,9-10H2,1H3,(H2,19,21). The molecule has 2 rings (SSSR count). The van der Waals surface area contributed by atoms with Crippen molar-refractivity contribution in [2.75, 3.05) is 7.05 Å². The van der Waals surface area contributed by atoms with E-state index in [0.29, 0.717) is 23.6 Å². The summed E-state index contributed by atoms with van der Waals surface area (Å²) in [5, 5.41) is 0. The Morgan fingerprint density at radius 1 is 1.24 bits per heavy atom. The van der Waals surface area contributed by atoms with Gasteiger partial charge in [0.15, 0.2) is 0 Å². The van der Waals surface area contributed by atoms with Crippen LogP contribution >= 0.6 is 28.1 Å². The molecule has 0 bridgehead atoms. The molecule has 0 aliphatic carbocycles. The third kappa shape index (κ3) is 4.59. The summed E-state index contributed by atoms with van der Waals surface area (Å²) in [6.45, 7) is 1.23. The molecule has 0 saturated heterocycles. The van der Waals surface area contributed by atoms with E-state index >= 15 is 0 Å². The van der Waals surface area contributed by atoms with E-state index in [1.807, 2.05) is 36.2 Å². The van der Waals surface area contributed by atoms with E-state index < -0.39 is 0 Å². The Balaban J connectivity index is 2.08. The van der Waals surface area contributed by atoms with E-state index in [0.717, 1.165) is 15.6 Å². The second kappa shape index (κ2) is 7.11. The van der Waals surface area contributed by atoms with Crippen LogP contribution in [0.4, 0.5) is 4.39 Å². The number of thiocarbonyl (C=S) groups is 1. The Morgan fingerprint density at radius 3 is 2.71 bits per heavy atom. The van der Waals surface area contributed by atoms with E-state index in [4.69, 9.17) is 18.0 Å². The maximum atomic E-state index is 13.8. The van der Waals surface area contributed by atoms with E-state index in [2.05, 4.69) is 15.9 Å². The van der Waals surface area contributed by atoms with Gasteiger partial charge in [-0.05, 0) is 36.9 Å². The lowest BCUT2D eigenvalue weighted by Gasteiger charge is -2.18. The van der Waals surface area contributed by atoms with Crippen molar-refractivity contribution in [3.8, 4) is 0 Å². The number of benzene rings is 2. The molecule has 0 spiro atoms. The molecule has 0 aliphatic heterocycles. The highest BCUT2D eigenvalue weighted by Gasteiger charge is 2.08. The Labute approximate surface area is 137 Å². The lowest BCUT2D eigenvalue weighted by molar-refractivity contribution is 0.313. The predicted molar refractivity (Wildman–Crippen MR) is 91.6 cm³/mol. The third-order valence-corrected chi connectivity index (χ3v) is 3.84. The molecule has 2 nitrogen and oxygen atoms in total. The van der Waals surface area contributed by atoms with E-state index in [1.54, 1.807) is 12.1 Å². The van der Waals surface area contributed by atoms with Crippen LogP contribution in [0.5, 0.6) is 0 Å². The molecule has 110 valence electrons. The summed E-state index contributed by atoms with van der Waals surface area (Å²) in [4.78, 5) is 2.43. The zero-order valence-electron chi connectivity index (χ0n) is 11.6. The first-order chi connectivity index (χ1) is 9.95. The van der Waals surface area contributed by atoms with Gasteiger partial charge >= 0.3 is 0 Å². The smallest absolute Gasteiger partial charge is 0.127 e. The van der Waals surface area contributed by atoms with Crippen LogP contribution in [0.25, 0.3) is 0 Å². The van der Waals surface area contributed by atoms with Crippen LogP contribution in [0.15, 0.2) is 46.9 Å². The van der Waals surface area contributed by atoms with Gasteiger partial charge in [0.2, 0.25) is 0 Å². The maximum Gasteiger partial charge on any atom is 0.127 e. The molecule has 0 aliphatic rings. The summed E-state index contributed by atoms with van der Waals surface area (Å²) in [5.74, 6) is -0.193. The Morgan fingerprint density at radius 2 is 2.00 bits per heavy atom. The highest BCUT2D eigenvalue weighted by Crippen LogP contribution is 2.18. The number of nitrogens with zero attached hydrogens (tertiary/aromatic N) is 1. The van der Waals surface area contributed by atoms with Gasteiger partial charge in [-0.25, -0.2) is 4.39 Å². The average Bonchev–Trinajstić information content (AvgIpc) is 2.43. The van der Waals surface area contributed by atoms with Gasteiger partial charge < -0.3 is 5.73 Å². The van der Waals surface area contributed by atoms with Crippen LogP contribution in [0.3, 0.4) is 0 Å². The fourth-order valence-corrected chi connectivity index (χ4v) is 2.68. The molecule has 5 heteroatoms. The second-order valence-electron chi connectivity index (χ2n) is 4.97. The lowest BCUT2D eigenvalue weighted by atomic mass is 10.1. The van der Waals surface area contributed by atoms with Gasteiger partial charge in [-0.3, -0.25) is 4.90 Å². The minimum atomic E-state index is -0.193. The third-order valence-electron chi connectivity index (χ3n) is 3.11. The summed E-state index contributed by atoms with van der Waals surface area (Å²) < 4.78 is 14.6. The zero-order valence-corrected chi connectivity index (χ0v) is 14.0. The van der Waals surface area contributed by atoms with Gasteiger partial charge in [0, 0.05) is 28.7 Å². The van der Waals surface area contributed by atoms with Crippen LogP contribution in [0.2, 0.25) is 0 Å². The van der Waals surface area contributed by atoms with Crippen LogP contribution in [-0.4, -0.2) is 16.9 Å². The quantitative estimate of drug-likeness (QED) is 0.814. The highest BCUT2D eigenvalue weighted by atomic mass is 79.9. The molecular formula is C16H16BrFN2S. The first kappa shape index (κ1) is 16.1. The summed E-state index contributed by atoms with van der Waals surface area (Å²) in [7, 11) is 1.95. The van der Waals surface area contributed by atoms with Crippen molar-refractivity contribution in [3.63, 3.8) is 0 Å². The fourth-order valence-electron chi connectivity index (χ4n) is 2.15. The van der Waals surface area contributed by atoms with Crippen molar-refractivity contribution in [2.24, 2.45) is 5.73 Å². The molecule has 0 heterocycles. The summed E-state index contributed by atoms with van der Waals surface area (Å²) in [6.07, 6.45) is 0.